The van der Waals surface area contributed by atoms with Crippen molar-refractivity contribution in [3.8, 4) is 0 Å². The van der Waals surface area contributed by atoms with E-state index in [0.717, 1.165) is 19.4 Å². The van der Waals surface area contributed by atoms with Gasteiger partial charge >= 0.3 is 0 Å². The van der Waals surface area contributed by atoms with Crippen molar-refractivity contribution in [3.63, 3.8) is 0 Å². The third-order valence-electron chi connectivity index (χ3n) is 5.04. The Hall–Kier alpha value is -0.120. The Morgan fingerprint density at radius 2 is 2.06 bits per heavy atom. The second kappa shape index (κ2) is 4.87. The van der Waals surface area contributed by atoms with Gasteiger partial charge in [0, 0.05) is 13.2 Å². The topological polar surface area (TPSA) is 55.5 Å². The fourth-order valence-electron chi connectivity index (χ4n) is 3.70. The summed E-state index contributed by atoms with van der Waals surface area (Å²) in [6.45, 7) is 5.30. The largest absolute Gasteiger partial charge is 0.388 e. The average molecular weight is 241 g/mol. The first-order valence-electron chi connectivity index (χ1n) is 7.09. The molecule has 1 aliphatic carbocycles. The summed E-state index contributed by atoms with van der Waals surface area (Å²) in [5.41, 5.74) is 5.20. The molecule has 1 saturated heterocycles. The minimum absolute atomic E-state index is 0.0704. The van der Waals surface area contributed by atoms with Crippen molar-refractivity contribution in [2.75, 3.05) is 13.2 Å². The molecular formula is C14H27NO2. The van der Waals surface area contributed by atoms with Gasteiger partial charge in [-0.05, 0) is 37.5 Å². The molecule has 2 fully saturated rings. The Labute approximate surface area is 105 Å². The summed E-state index contributed by atoms with van der Waals surface area (Å²) in [4.78, 5) is 0. The Kier molecular flexibility index (Phi) is 3.81. The van der Waals surface area contributed by atoms with Gasteiger partial charge in [0.2, 0.25) is 0 Å². The lowest BCUT2D eigenvalue weighted by Crippen LogP contribution is -2.54. The van der Waals surface area contributed by atoms with Crippen molar-refractivity contribution < 1.29 is 9.84 Å². The van der Waals surface area contributed by atoms with E-state index in [4.69, 9.17) is 10.5 Å². The van der Waals surface area contributed by atoms with Gasteiger partial charge in [-0.2, -0.15) is 0 Å². The molecule has 3 heteroatoms. The molecule has 17 heavy (non-hydrogen) atoms. The van der Waals surface area contributed by atoms with Gasteiger partial charge < -0.3 is 15.6 Å². The molecule has 0 aromatic carbocycles. The summed E-state index contributed by atoms with van der Waals surface area (Å²) in [6, 6.07) is 0. The SMILES string of the molecule is CC(C)C(O)(CN)C1CCOC2(CCCC2)C1. The molecule has 3 N–H and O–H groups in total. The average Bonchev–Trinajstić information content (AvgIpc) is 2.76. The Bertz CT molecular complexity index is 261. The normalized spacial score (nSPS) is 31.9. The molecule has 1 aliphatic heterocycles. The van der Waals surface area contributed by atoms with Crippen LogP contribution in [0.15, 0.2) is 0 Å². The molecule has 0 aromatic rings. The number of hydrogen-bond donors (Lipinski definition) is 2. The van der Waals surface area contributed by atoms with Crippen molar-refractivity contribution in [1.29, 1.82) is 0 Å². The van der Waals surface area contributed by atoms with Crippen molar-refractivity contribution in [2.45, 2.75) is 63.6 Å². The van der Waals surface area contributed by atoms with Crippen LogP contribution in [-0.4, -0.2) is 29.5 Å². The van der Waals surface area contributed by atoms with Crippen molar-refractivity contribution in [2.24, 2.45) is 17.6 Å². The molecule has 2 aliphatic rings. The number of hydrogen-bond acceptors (Lipinski definition) is 3. The zero-order valence-electron chi connectivity index (χ0n) is 11.2. The predicted molar refractivity (Wildman–Crippen MR) is 68.7 cm³/mol. The van der Waals surface area contributed by atoms with E-state index in [1.165, 1.54) is 25.7 Å². The Morgan fingerprint density at radius 3 is 2.59 bits per heavy atom. The quantitative estimate of drug-likeness (QED) is 0.795. The van der Waals surface area contributed by atoms with Crippen LogP contribution in [0, 0.1) is 11.8 Å². The zero-order chi connectivity index (χ0) is 12.5. The molecule has 0 bridgehead atoms. The highest BCUT2D eigenvalue weighted by molar-refractivity contribution is 4.99. The van der Waals surface area contributed by atoms with E-state index in [2.05, 4.69) is 13.8 Å². The van der Waals surface area contributed by atoms with Crippen molar-refractivity contribution in [1.82, 2.24) is 0 Å². The highest BCUT2D eigenvalue weighted by atomic mass is 16.5. The molecule has 2 rings (SSSR count). The number of nitrogens with two attached hydrogens (primary N) is 1. The molecule has 2 unspecified atom stereocenters. The summed E-state index contributed by atoms with van der Waals surface area (Å²) in [6.07, 6.45) is 6.84. The van der Waals surface area contributed by atoms with E-state index in [1.807, 2.05) is 0 Å². The van der Waals surface area contributed by atoms with Crippen LogP contribution in [0.4, 0.5) is 0 Å². The second-order valence-corrected chi connectivity index (χ2v) is 6.28. The second-order valence-electron chi connectivity index (χ2n) is 6.28. The third-order valence-corrected chi connectivity index (χ3v) is 5.04. The molecular weight excluding hydrogens is 214 g/mol. The van der Waals surface area contributed by atoms with Gasteiger partial charge in [-0.3, -0.25) is 0 Å². The maximum atomic E-state index is 10.8. The molecule has 0 radical (unpaired) electrons. The first-order valence-corrected chi connectivity index (χ1v) is 7.09. The van der Waals surface area contributed by atoms with Gasteiger partial charge in [-0.1, -0.05) is 26.7 Å². The molecule has 1 saturated carbocycles. The lowest BCUT2D eigenvalue weighted by Gasteiger charge is -2.46. The molecule has 100 valence electrons. The number of ether oxygens (including phenoxy) is 1. The minimum Gasteiger partial charge on any atom is -0.388 e. The maximum absolute atomic E-state index is 10.8. The number of rotatable bonds is 3. The Balaban J connectivity index is 2.10. The maximum Gasteiger partial charge on any atom is 0.0821 e. The summed E-state index contributed by atoms with van der Waals surface area (Å²) in [5, 5.41) is 10.8. The predicted octanol–water partition coefficient (Wildman–Crippen LogP) is 2.07. The third kappa shape index (κ3) is 2.38. The summed E-state index contributed by atoms with van der Waals surface area (Å²) >= 11 is 0. The van der Waals surface area contributed by atoms with Crippen LogP contribution in [0.3, 0.4) is 0 Å². The van der Waals surface area contributed by atoms with E-state index in [-0.39, 0.29) is 11.5 Å². The lowest BCUT2D eigenvalue weighted by atomic mass is 9.70. The van der Waals surface area contributed by atoms with E-state index < -0.39 is 5.60 Å². The van der Waals surface area contributed by atoms with Crippen LogP contribution in [0.5, 0.6) is 0 Å². The fourth-order valence-corrected chi connectivity index (χ4v) is 3.70. The molecule has 0 amide bonds. The summed E-state index contributed by atoms with van der Waals surface area (Å²) < 4.78 is 6.02. The van der Waals surface area contributed by atoms with Gasteiger partial charge in [0.05, 0.1) is 11.2 Å². The monoisotopic (exact) mass is 241 g/mol. The fraction of sp³-hybridized carbons (Fsp3) is 1.00. The van der Waals surface area contributed by atoms with Crippen LogP contribution in [-0.2, 0) is 4.74 Å². The Morgan fingerprint density at radius 1 is 1.41 bits per heavy atom. The van der Waals surface area contributed by atoms with Crippen LogP contribution < -0.4 is 5.73 Å². The minimum atomic E-state index is -0.709. The van der Waals surface area contributed by atoms with Crippen LogP contribution >= 0.6 is 0 Å². The van der Waals surface area contributed by atoms with Gasteiger partial charge in [0.15, 0.2) is 0 Å². The standard InChI is InChI=1S/C14H27NO2/c1-11(2)14(16,10-15)12-5-8-17-13(9-12)6-3-4-7-13/h11-12,16H,3-10,15H2,1-2H3. The first-order chi connectivity index (χ1) is 8.02. The van der Waals surface area contributed by atoms with Crippen molar-refractivity contribution in [3.05, 3.63) is 0 Å². The van der Waals surface area contributed by atoms with Crippen LogP contribution in [0.1, 0.15) is 52.4 Å². The van der Waals surface area contributed by atoms with Crippen molar-refractivity contribution >= 4 is 0 Å². The zero-order valence-corrected chi connectivity index (χ0v) is 11.2. The van der Waals surface area contributed by atoms with Gasteiger partial charge in [0.25, 0.3) is 0 Å². The lowest BCUT2D eigenvalue weighted by molar-refractivity contribution is -0.150. The highest BCUT2D eigenvalue weighted by Gasteiger charge is 2.47. The highest BCUT2D eigenvalue weighted by Crippen LogP contribution is 2.46. The molecule has 1 heterocycles. The first kappa shape index (κ1) is 13.3. The van der Waals surface area contributed by atoms with Crippen LogP contribution in [0.25, 0.3) is 0 Å². The summed E-state index contributed by atoms with van der Waals surface area (Å²) in [5.74, 6) is 0.522. The van der Waals surface area contributed by atoms with E-state index in [0.29, 0.717) is 12.5 Å². The molecule has 3 nitrogen and oxygen atoms in total. The smallest absolute Gasteiger partial charge is 0.0821 e. The van der Waals surface area contributed by atoms with E-state index in [9.17, 15) is 5.11 Å². The van der Waals surface area contributed by atoms with E-state index in [1.54, 1.807) is 0 Å². The summed E-state index contributed by atoms with van der Waals surface area (Å²) in [7, 11) is 0. The van der Waals surface area contributed by atoms with Gasteiger partial charge in [0.1, 0.15) is 0 Å². The van der Waals surface area contributed by atoms with Crippen LogP contribution in [0.2, 0.25) is 0 Å². The van der Waals surface area contributed by atoms with E-state index >= 15 is 0 Å². The number of aliphatic hydroxyl groups is 1. The van der Waals surface area contributed by atoms with Gasteiger partial charge in [-0.25, -0.2) is 0 Å². The van der Waals surface area contributed by atoms with Gasteiger partial charge in [-0.15, -0.1) is 0 Å². The molecule has 1 spiro atoms. The molecule has 0 aromatic heterocycles. The molecule has 2 atom stereocenters.